The lowest BCUT2D eigenvalue weighted by Crippen LogP contribution is -2.40. The number of hydrogen-bond acceptors (Lipinski definition) is 6. The third-order valence-electron chi connectivity index (χ3n) is 4.34. The maximum absolute atomic E-state index is 12.4. The Morgan fingerprint density at radius 3 is 2.31 bits per heavy atom. The molecule has 1 aromatic rings. The molecule has 1 aliphatic heterocycles. The monoisotopic (exact) mass is 406 g/mol. The van der Waals surface area contributed by atoms with Gasteiger partial charge in [0.2, 0.25) is 0 Å². The maximum atomic E-state index is 12.4. The van der Waals surface area contributed by atoms with Crippen LogP contribution in [-0.4, -0.2) is 72.3 Å². The lowest BCUT2D eigenvalue weighted by molar-refractivity contribution is 0.0302. The fraction of sp³-hybridized carbons (Fsp3) is 0.571. The van der Waals surface area contributed by atoms with Gasteiger partial charge in [-0.2, -0.15) is 0 Å². The first-order valence-corrected chi connectivity index (χ1v) is 9.81. The molecule has 0 saturated carbocycles. The number of carbonyl (C=O) groups excluding carboxylic acids is 3. The van der Waals surface area contributed by atoms with Crippen molar-refractivity contribution in [3.63, 3.8) is 0 Å². The van der Waals surface area contributed by atoms with E-state index in [2.05, 4.69) is 5.32 Å². The second-order valence-electron chi connectivity index (χ2n) is 7.98. The van der Waals surface area contributed by atoms with Crippen molar-refractivity contribution in [2.75, 3.05) is 32.8 Å². The Morgan fingerprint density at radius 2 is 1.72 bits per heavy atom. The molecule has 0 bridgehead atoms. The number of alkyl carbamates (subject to hydrolysis) is 1. The van der Waals surface area contributed by atoms with Crippen molar-refractivity contribution in [2.24, 2.45) is 0 Å². The number of amides is 2. The van der Waals surface area contributed by atoms with Crippen molar-refractivity contribution >= 4 is 17.8 Å². The van der Waals surface area contributed by atoms with Gasteiger partial charge < -0.3 is 24.8 Å². The van der Waals surface area contributed by atoms with Gasteiger partial charge in [-0.05, 0) is 39.3 Å². The topological polar surface area (TPSA) is 105 Å². The van der Waals surface area contributed by atoms with Gasteiger partial charge in [-0.3, -0.25) is 9.59 Å². The third kappa shape index (κ3) is 7.83. The highest BCUT2D eigenvalue weighted by atomic mass is 16.6. The van der Waals surface area contributed by atoms with Gasteiger partial charge in [0.15, 0.2) is 5.78 Å². The fourth-order valence-electron chi connectivity index (χ4n) is 2.81. The van der Waals surface area contributed by atoms with Gasteiger partial charge in [-0.15, -0.1) is 0 Å². The summed E-state index contributed by atoms with van der Waals surface area (Å²) in [5, 5.41) is 12.5. The lowest BCUT2D eigenvalue weighted by atomic mass is 10.0. The lowest BCUT2D eigenvalue weighted by Gasteiger charge is -2.26. The molecule has 8 heteroatoms. The zero-order chi connectivity index (χ0) is 21.4. The first-order chi connectivity index (χ1) is 13.7. The predicted molar refractivity (Wildman–Crippen MR) is 107 cm³/mol. The Bertz CT molecular complexity index is 705. The first-order valence-electron chi connectivity index (χ1n) is 9.81. The number of rotatable bonds is 7. The maximum Gasteiger partial charge on any atom is 0.407 e. The molecule has 2 rings (SSSR count). The first kappa shape index (κ1) is 22.8. The number of Topliss-reactive ketones (excluding diaryl/α,β-unsaturated/α-hetero) is 1. The van der Waals surface area contributed by atoms with E-state index < -0.39 is 17.8 Å². The molecule has 0 spiro atoms. The number of carbonyl (C=O) groups is 3. The van der Waals surface area contributed by atoms with Gasteiger partial charge in [-0.25, -0.2) is 4.79 Å². The highest BCUT2D eigenvalue weighted by Crippen LogP contribution is 2.12. The van der Waals surface area contributed by atoms with Gasteiger partial charge >= 0.3 is 6.09 Å². The van der Waals surface area contributed by atoms with E-state index in [9.17, 15) is 19.5 Å². The number of ketones is 1. The Kier molecular flexibility index (Phi) is 8.16. The van der Waals surface area contributed by atoms with Crippen LogP contribution in [0.1, 0.15) is 54.3 Å². The van der Waals surface area contributed by atoms with Crippen LogP contribution in [0.3, 0.4) is 0 Å². The zero-order valence-corrected chi connectivity index (χ0v) is 17.3. The molecule has 8 nitrogen and oxygen atoms in total. The zero-order valence-electron chi connectivity index (χ0n) is 17.3. The summed E-state index contributed by atoms with van der Waals surface area (Å²) < 4.78 is 10.3. The fourth-order valence-corrected chi connectivity index (χ4v) is 2.81. The second kappa shape index (κ2) is 10.4. The van der Waals surface area contributed by atoms with Crippen LogP contribution in [-0.2, 0) is 9.47 Å². The molecule has 2 amide bonds. The SMILES string of the molecule is CC(C)(C)OC(=O)NCC(O)CCC(=O)c1ccc(C(=O)N2CCOCC2)cc1. The quantitative estimate of drug-likeness (QED) is 0.671. The van der Waals surface area contributed by atoms with Crippen LogP contribution in [0.25, 0.3) is 0 Å². The largest absolute Gasteiger partial charge is 0.444 e. The van der Waals surface area contributed by atoms with E-state index in [1.807, 2.05) is 0 Å². The van der Waals surface area contributed by atoms with Crippen molar-refractivity contribution in [1.82, 2.24) is 10.2 Å². The van der Waals surface area contributed by atoms with Crippen molar-refractivity contribution in [2.45, 2.75) is 45.3 Å². The summed E-state index contributed by atoms with van der Waals surface area (Å²) in [4.78, 5) is 38.0. The van der Waals surface area contributed by atoms with Gasteiger partial charge in [0.1, 0.15) is 5.60 Å². The van der Waals surface area contributed by atoms with E-state index in [0.29, 0.717) is 37.4 Å². The van der Waals surface area contributed by atoms with Crippen molar-refractivity contribution < 1.29 is 29.0 Å². The number of aliphatic hydroxyl groups is 1. The molecule has 29 heavy (non-hydrogen) atoms. The van der Waals surface area contributed by atoms with Crippen LogP contribution in [0.2, 0.25) is 0 Å². The molecule has 0 aliphatic carbocycles. The smallest absolute Gasteiger partial charge is 0.407 e. The van der Waals surface area contributed by atoms with Crippen molar-refractivity contribution in [1.29, 1.82) is 0 Å². The number of hydrogen-bond donors (Lipinski definition) is 2. The molecule has 1 fully saturated rings. The highest BCUT2D eigenvalue weighted by molar-refractivity contribution is 5.98. The standard InChI is InChI=1S/C21H30N2O6/c1-21(2,3)29-20(27)22-14-17(24)8-9-18(25)15-4-6-16(7-5-15)19(26)23-10-12-28-13-11-23/h4-7,17,24H,8-14H2,1-3H3,(H,22,27). The summed E-state index contributed by atoms with van der Waals surface area (Å²) in [5.41, 5.74) is 0.404. The molecule has 1 atom stereocenters. The van der Waals surface area contributed by atoms with Crippen LogP contribution in [0.15, 0.2) is 24.3 Å². The summed E-state index contributed by atoms with van der Waals surface area (Å²) in [5.74, 6) is -0.206. The van der Waals surface area contributed by atoms with E-state index in [-0.39, 0.29) is 31.1 Å². The Hall–Kier alpha value is -2.45. The van der Waals surface area contributed by atoms with E-state index in [1.54, 1.807) is 49.9 Å². The van der Waals surface area contributed by atoms with Crippen LogP contribution in [0.5, 0.6) is 0 Å². The van der Waals surface area contributed by atoms with Crippen LogP contribution < -0.4 is 5.32 Å². The molecule has 0 radical (unpaired) electrons. The minimum atomic E-state index is -0.853. The molecule has 1 aromatic carbocycles. The van der Waals surface area contributed by atoms with Gasteiger partial charge in [-0.1, -0.05) is 12.1 Å². The van der Waals surface area contributed by atoms with Crippen LogP contribution in [0.4, 0.5) is 4.79 Å². The Balaban J connectivity index is 1.77. The number of benzene rings is 1. The normalized spacial score (nSPS) is 15.5. The van der Waals surface area contributed by atoms with E-state index in [1.165, 1.54) is 0 Å². The molecule has 160 valence electrons. The van der Waals surface area contributed by atoms with E-state index >= 15 is 0 Å². The summed E-state index contributed by atoms with van der Waals surface area (Å²) in [7, 11) is 0. The number of ether oxygens (including phenoxy) is 2. The summed E-state index contributed by atoms with van der Waals surface area (Å²) >= 11 is 0. The third-order valence-corrected chi connectivity index (χ3v) is 4.34. The minimum absolute atomic E-state index is 0.00911. The Morgan fingerprint density at radius 1 is 1.14 bits per heavy atom. The number of nitrogens with one attached hydrogen (secondary N) is 1. The molecular formula is C21H30N2O6. The van der Waals surface area contributed by atoms with Crippen molar-refractivity contribution in [3.8, 4) is 0 Å². The van der Waals surface area contributed by atoms with E-state index in [0.717, 1.165) is 0 Å². The predicted octanol–water partition coefficient (Wildman–Crippen LogP) is 2.01. The second-order valence-corrected chi connectivity index (χ2v) is 7.98. The van der Waals surface area contributed by atoms with Gasteiger partial charge in [0.25, 0.3) is 5.91 Å². The number of nitrogens with zero attached hydrogens (tertiary/aromatic N) is 1. The highest BCUT2D eigenvalue weighted by Gasteiger charge is 2.19. The summed E-state index contributed by atoms with van der Waals surface area (Å²) in [6, 6.07) is 6.54. The molecule has 2 N–H and O–H groups in total. The number of morpholine rings is 1. The van der Waals surface area contributed by atoms with E-state index in [4.69, 9.17) is 9.47 Å². The molecule has 1 unspecified atom stereocenters. The molecule has 1 aliphatic rings. The average molecular weight is 406 g/mol. The average Bonchev–Trinajstić information content (AvgIpc) is 2.69. The van der Waals surface area contributed by atoms with Gasteiger partial charge in [0, 0.05) is 37.2 Å². The Labute approximate surface area is 171 Å². The van der Waals surface area contributed by atoms with Crippen LogP contribution in [0, 0.1) is 0 Å². The molecule has 1 saturated heterocycles. The molecular weight excluding hydrogens is 376 g/mol. The minimum Gasteiger partial charge on any atom is -0.444 e. The number of aliphatic hydroxyl groups excluding tert-OH is 1. The van der Waals surface area contributed by atoms with Crippen LogP contribution >= 0.6 is 0 Å². The van der Waals surface area contributed by atoms with Gasteiger partial charge in [0.05, 0.1) is 19.3 Å². The molecule has 1 heterocycles. The van der Waals surface area contributed by atoms with Crippen molar-refractivity contribution in [3.05, 3.63) is 35.4 Å². The summed E-state index contributed by atoms with van der Waals surface area (Å²) in [6.07, 6.45) is -1.12. The summed E-state index contributed by atoms with van der Waals surface area (Å²) in [6.45, 7) is 7.46. The molecule has 0 aromatic heterocycles.